The van der Waals surface area contributed by atoms with E-state index in [9.17, 15) is 8.42 Å². The second-order valence-corrected chi connectivity index (χ2v) is 4.66. The number of aromatic hydroxyl groups is 1. The van der Waals surface area contributed by atoms with Crippen LogP contribution in [0.25, 0.3) is 0 Å². The zero-order valence-corrected chi connectivity index (χ0v) is 8.71. The number of hydrogen-bond donors (Lipinski definition) is 2. The number of phenols is 1. The lowest BCUT2D eigenvalue weighted by Crippen LogP contribution is -2.24. The van der Waals surface area contributed by atoms with Crippen LogP contribution in [0.4, 0.5) is 0 Å². The predicted molar refractivity (Wildman–Crippen MR) is 53.6 cm³/mol. The van der Waals surface area contributed by atoms with Crippen molar-refractivity contribution in [3.8, 4) is 5.75 Å². The van der Waals surface area contributed by atoms with Gasteiger partial charge in [0.25, 0.3) is 0 Å². The van der Waals surface area contributed by atoms with E-state index in [4.69, 9.17) is 5.11 Å². The molecule has 0 saturated carbocycles. The normalized spacial score (nSPS) is 11.5. The molecular weight excluding hydrogens is 202 g/mol. The highest BCUT2D eigenvalue weighted by Crippen LogP contribution is 2.13. The fraction of sp³-hybridized carbons (Fsp3) is 0.333. The summed E-state index contributed by atoms with van der Waals surface area (Å²) in [5.74, 6) is 0.0550. The molecule has 0 spiro atoms. The van der Waals surface area contributed by atoms with Crippen LogP contribution in [0, 0.1) is 0 Å². The highest BCUT2D eigenvalue weighted by molar-refractivity contribution is 7.89. The number of hydrogen-bond acceptors (Lipinski definition) is 3. The first-order valence-electron chi connectivity index (χ1n) is 4.35. The number of benzene rings is 1. The van der Waals surface area contributed by atoms with Crippen LogP contribution in [0.15, 0.2) is 29.2 Å². The summed E-state index contributed by atoms with van der Waals surface area (Å²) < 4.78 is 25.5. The summed E-state index contributed by atoms with van der Waals surface area (Å²) in [5.41, 5.74) is 0. The van der Waals surface area contributed by atoms with Crippen molar-refractivity contribution in [1.29, 1.82) is 0 Å². The minimum absolute atomic E-state index is 0.0550. The molecule has 0 fully saturated rings. The summed E-state index contributed by atoms with van der Waals surface area (Å²) in [5, 5.41) is 8.98. The van der Waals surface area contributed by atoms with Gasteiger partial charge in [0, 0.05) is 6.54 Å². The van der Waals surface area contributed by atoms with E-state index in [1.807, 2.05) is 6.92 Å². The van der Waals surface area contributed by atoms with E-state index in [-0.39, 0.29) is 10.6 Å². The smallest absolute Gasteiger partial charge is 0.240 e. The zero-order chi connectivity index (χ0) is 10.6. The van der Waals surface area contributed by atoms with E-state index in [2.05, 4.69) is 4.72 Å². The lowest BCUT2D eigenvalue weighted by molar-refractivity contribution is 0.474. The lowest BCUT2D eigenvalue weighted by atomic mass is 10.3. The molecule has 0 unspecified atom stereocenters. The molecule has 1 rings (SSSR count). The molecule has 1 aromatic carbocycles. The number of phenolic OH excluding ortho intramolecular Hbond substituents is 1. The average Bonchev–Trinajstić information content (AvgIpc) is 2.16. The van der Waals surface area contributed by atoms with Crippen LogP contribution in [-0.4, -0.2) is 20.1 Å². The van der Waals surface area contributed by atoms with Gasteiger partial charge in [-0.15, -0.1) is 0 Å². The second-order valence-electron chi connectivity index (χ2n) is 2.89. The third-order valence-electron chi connectivity index (χ3n) is 1.69. The quantitative estimate of drug-likeness (QED) is 0.789. The maximum atomic E-state index is 11.5. The Balaban J connectivity index is 2.87. The third kappa shape index (κ3) is 2.71. The van der Waals surface area contributed by atoms with Crippen LogP contribution >= 0.6 is 0 Å². The first-order valence-corrected chi connectivity index (χ1v) is 5.83. The molecule has 0 aliphatic carbocycles. The van der Waals surface area contributed by atoms with E-state index in [0.717, 1.165) is 6.42 Å². The molecule has 0 radical (unpaired) electrons. The van der Waals surface area contributed by atoms with E-state index in [1.54, 1.807) is 0 Å². The Labute approximate surface area is 83.6 Å². The third-order valence-corrected chi connectivity index (χ3v) is 3.17. The molecule has 0 atom stereocenters. The van der Waals surface area contributed by atoms with Crippen molar-refractivity contribution in [1.82, 2.24) is 4.72 Å². The first-order chi connectivity index (χ1) is 6.56. The first kappa shape index (κ1) is 11.0. The molecule has 0 aromatic heterocycles. The molecule has 78 valence electrons. The molecule has 0 bridgehead atoms. The Morgan fingerprint density at radius 1 is 1.29 bits per heavy atom. The summed E-state index contributed by atoms with van der Waals surface area (Å²) in [6.07, 6.45) is 0.747. The van der Waals surface area contributed by atoms with Crippen LogP contribution in [0.3, 0.4) is 0 Å². The van der Waals surface area contributed by atoms with Crippen molar-refractivity contribution in [2.24, 2.45) is 0 Å². The summed E-state index contributed by atoms with van der Waals surface area (Å²) in [6.45, 7) is 2.31. The molecule has 0 saturated heterocycles. The van der Waals surface area contributed by atoms with Gasteiger partial charge >= 0.3 is 0 Å². The van der Waals surface area contributed by atoms with Crippen LogP contribution in [-0.2, 0) is 10.0 Å². The Hall–Kier alpha value is -1.07. The summed E-state index contributed by atoms with van der Waals surface area (Å²) in [7, 11) is -3.40. The van der Waals surface area contributed by atoms with Gasteiger partial charge in [-0.25, -0.2) is 13.1 Å². The van der Waals surface area contributed by atoms with Gasteiger partial charge in [0.2, 0.25) is 10.0 Å². The molecular formula is C9H13NO3S. The predicted octanol–water partition coefficient (Wildman–Crippen LogP) is 1.08. The van der Waals surface area contributed by atoms with Crippen molar-refractivity contribution in [3.63, 3.8) is 0 Å². The average molecular weight is 215 g/mol. The Morgan fingerprint density at radius 2 is 1.86 bits per heavy atom. The van der Waals surface area contributed by atoms with E-state index in [1.165, 1.54) is 24.3 Å². The van der Waals surface area contributed by atoms with E-state index < -0.39 is 10.0 Å². The SMILES string of the molecule is CCCNS(=O)(=O)c1ccc(O)cc1. The molecule has 5 heteroatoms. The van der Waals surface area contributed by atoms with Gasteiger partial charge in [-0.3, -0.25) is 0 Å². The van der Waals surface area contributed by atoms with Crippen molar-refractivity contribution < 1.29 is 13.5 Å². The minimum Gasteiger partial charge on any atom is -0.508 e. The standard InChI is InChI=1S/C9H13NO3S/c1-2-7-10-14(12,13)9-5-3-8(11)4-6-9/h3-6,10-11H,2,7H2,1H3. The van der Waals surface area contributed by atoms with Gasteiger partial charge in [0.1, 0.15) is 5.75 Å². The molecule has 0 aliphatic rings. The minimum atomic E-state index is -3.40. The molecule has 0 aliphatic heterocycles. The molecule has 4 nitrogen and oxygen atoms in total. The van der Waals surface area contributed by atoms with E-state index in [0.29, 0.717) is 6.54 Å². The fourth-order valence-corrected chi connectivity index (χ4v) is 2.08. The van der Waals surface area contributed by atoms with Gasteiger partial charge in [-0.05, 0) is 30.7 Å². The van der Waals surface area contributed by atoms with Crippen molar-refractivity contribution >= 4 is 10.0 Å². The fourth-order valence-electron chi connectivity index (χ4n) is 0.945. The second kappa shape index (κ2) is 4.43. The van der Waals surface area contributed by atoms with Crippen LogP contribution < -0.4 is 4.72 Å². The van der Waals surface area contributed by atoms with Crippen molar-refractivity contribution in [2.45, 2.75) is 18.2 Å². The van der Waals surface area contributed by atoms with Crippen LogP contribution in [0.5, 0.6) is 5.75 Å². The van der Waals surface area contributed by atoms with Gasteiger partial charge in [0.05, 0.1) is 4.90 Å². The summed E-state index contributed by atoms with van der Waals surface area (Å²) in [6, 6.07) is 5.43. The molecule has 0 amide bonds. The maximum Gasteiger partial charge on any atom is 0.240 e. The Morgan fingerprint density at radius 3 is 2.36 bits per heavy atom. The molecule has 0 heterocycles. The van der Waals surface area contributed by atoms with Crippen molar-refractivity contribution in [2.75, 3.05) is 6.54 Å². The maximum absolute atomic E-state index is 11.5. The highest BCUT2D eigenvalue weighted by Gasteiger charge is 2.11. The molecule has 2 N–H and O–H groups in total. The van der Waals surface area contributed by atoms with E-state index >= 15 is 0 Å². The zero-order valence-electron chi connectivity index (χ0n) is 7.90. The number of sulfonamides is 1. The number of rotatable bonds is 4. The Bertz CT molecular complexity index is 383. The molecule has 14 heavy (non-hydrogen) atoms. The molecule has 1 aromatic rings. The summed E-state index contributed by atoms with van der Waals surface area (Å²) in [4.78, 5) is 0.170. The summed E-state index contributed by atoms with van der Waals surface area (Å²) >= 11 is 0. The van der Waals surface area contributed by atoms with Crippen LogP contribution in [0.1, 0.15) is 13.3 Å². The topological polar surface area (TPSA) is 66.4 Å². The highest BCUT2D eigenvalue weighted by atomic mass is 32.2. The van der Waals surface area contributed by atoms with Gasteiger partial charge in [-0.1, -0.05) is 6.92 Å². The van der Waals surface area contributed by atoms with Crippen LogP contribution in [0.2, 0.25) is 0 Å². The monoisotopic (exact) mass is 215 g/mol. The largest absolute Gasteiger partial charge is 0.508 e. The van der Waals surface area contributed by atoms with Gasteiger partial charge in [-0.2, -0.15) is 0 Å². The number of nitrogens with one attached hydrogen (secondary N) is 1. The van der Waals surface area contributed by atoms with Gasteiger partial charge in [0.15, 0.2) is 0 Å². The Kier molecular flexibility index (Phi) is 3.49. The lowest BCUT2D eigenvalue weighted by Gasteiger charge is -2.04. The van der Waals surface area contributed by atoms with Gasteiger partial charge < -0.3 is 5.11 Å². The van der Waals surface area contributed by atoms with Crippen molar-refractivity contribution in [3.05, 3.63) is 24.3 Å².